The number of nitrogens with zero attached hydrogens (tertiary/aromatic N) is 2. The van der Waals surface area contributed by atoms with Crippen molar-refractivity contribution in [3.8, 4) is 28.4 Å². The van der Waals surface area contributed by atoms with E-state index in [-0.39, 0.29) is 24.4 Å². The van der Waals surface area contributed by atoms with Gasteiger partial charge in [0.1, 0.15) is 30.3 Å². The van der Waals surface area contributed by atoms with Crippen molar-refractivity contribution in [3.63, 3.8) is 0 Å². The highest BCUT2D eigenvalue weighted by Gasteiger charge is 2.35. The number of hydrogen-bond donors (Lipinski definition) is 1. The molecule has 2 aromatic heterocycles. The van der Waals surface area contributed by atoms with Gasteiger partial charge in [-0.25, -0.2) is 0 Å². The summed E-state index contributed by atoms with van der Waals surface area (Å²) < 4.78 is 24.4. The first-order chi connectivity index (χ1) is 19.0. The van der Waals surface area contributed by atoms with E-state index in [0.29, 0.717) is 57.7 Å². The van der Waals surface area contributed by atoms with Crippen molar-refractivity contribution in [3.05, 3.63) is 87.1 Å². The molecule has 39 heavy (non-hydrogen) atoms. The molecule has 0 radical (unpaired) electrons. The molecule has 5 heterocycles. The smallest absolute Gasteiger partial charge is 0.250 e. The molecule has 0 saturated carbocycles. The second-order valence-electron chi connectivity index (χ2n) is 10.6. The summed E-state index contributed by atoms with van der Waals surface area (Å²) in [6.45, 7) is 3.16. The summed E-state index contributed by atoms with van der Waals surface area (Å²) >= 11 is 0. The van der Waals surface area contributed by atoms with E-state index in [2.05, 4.69) is 4.90 Å². The predicted octanol–water partition coefficient (Wildman–Crippen LogP) is 3.21. The SMILES string of the molecule is O=c1c(-c2ccc3c(c2)OCO3)coc2cc(OCC(O)CN3C[C@H]4C[C@@H](C3)c3cccc(=O)n3C4)ccc12. The Labute approximate surface area is 223 Å². The minimum absolute atomic E-state index is 0.0689. The quantitative estimate of drug-likeness (QED) is 0.407. The van der Waals surface area contributed by atoms with Crippen LogP contribution in [-0.2, 0) is 6.54 Å². The molecule has 1 unspecified atom stereocenters. The van der Waals surface area contributed by atoms with Gasteiger partial charge in [0.2, 0.25) is 6.79 Å². The number of aromatic nitrogens is 1. The Bertz CT molecular complexity index is 1680. The lowest BCUT2D eigenvalue weighted by molar-refractivity contribution is 0.0384. The normalized spacial score (nSPS) is 20.5. The van der Waals surface area contributed by atoms with Crippen LogP contribution >= 0.6 is 0 Å². The fraction of sp³-hybridized carbons (Fsp3) is 0.333. The molecule has 3 aliphatic heterocycles. The zero-order valence-corrected chi connectivity index (χ0v) is 21.2. The summed E-state index contributed by atoms with van der Waals surface area (Å²) in [7, 11) is 0. The summed E-state index contributed by atoms with van der Waals surface area (Å²) in [6.07, 6.45) is 1.84. The Morgan fingerprint density at radius 2 is 1.90 bits per heavy atom. The predicted molar refractivity (Wildman–Crippen MR) is 144 cm³/mol. The van der Waals surface area contributed by atoms with Crippen LogP contribution in [0.15, 0.2) is 74.9 Å². The van der Waals surface area contributed by atoms with Crippen LogP contribution in [0.2, 0.25) is 0 Å². The number of piperidine rings is 1. The van der Waals surface area contributed by atoms with Crippen molar-refractivity contribution in [2.75, 3.05) is 33.0 Å². The molecule has 4 aromatic rings. The standard InChI is InChI=1S/C30H28N2O7/c33-21(14-31-11-18-8-20(13-31)25-2-1-3-29(34)32(25)12-18)15-36-22-5-6-23-27(10-22)37-16-24(30(23)35)19-4-7-26-28(9-19)39-17-38-26/h1-7,9-10,16,18,20-21,33H,8,11-15,17H2/t18-,20+,21?/m1/s1. The molecule has 9 nitrogen and oxygen atoms in total. The van der Waals surface area contributed by atoms with Gasteiger partial charge in [0, 0.05) is 49.9 Å². The van der Waals surface area contributed by atoms with E-state index in [1.165, 1.54) is 6.26 Å². The topological polar surface area (TPSA) is 103 Å². The number of fused-ring (bicyclic) bond motifs is 6. The maximum absolute atomic E-state index is 13.2. The number of aliphatic hydroxyl groups is 1. The van der Waals surface area contributed by atoms with Crippen LogP contribution in [0.3, 0.4) is 0 Å². The van der Waals surface area contributed by atoms with E-state index < -0.39 is 6.10 Å². The molecule has 0 spiro atoms. The highest BCUT2D eigenvalue weighted by Crippen LogP contribution is 2.36. The first kappa shape index (κ1) is 24.0. The lowest BCUT2D eigenvalue weighted by Crippen LogP contribution is -2.49. The molecule has 1 fully saturated rings. The van der Waals surface area contributed by atoms with Crippen molar-refractivity contribution < 1.29 is 23.7 Å². The third-order valence-corrected chi connectivity index (χ3v) is 7.90. The average molecular weight is 529 g/mol. The zero-order valence-electron chi connectivity index (χ0n) is 21.2. The molecule has 200 valence electrons. The summed E-state index contributed by atoms with van der Waals surface area (Å²) in [5, 5.41) is 11.2. The Kier molecular flexibility index (Phi) is 5.90. The summed E-state index contributed by atoms with van der Waals surface area (Å²) in [6, 6.07) is 15.9. The van der Waals surface area contributed by atoms with Gasteiger partial charge < -0.3 is 28.3 Å². The number of β-amino-alcohol motifs (C(OH)–C–C–N with tert-alkyl or cyclic N) is 1. The number of pyridine rings is 1. The second-order valence-corrected chi connectivity index (χ2v) is 10.6. The maximum atomic E-state index is 13.2. The van der Waals surface area contributed by atoms with E-state index in [0.717, 1.165) is 31.7 Å². The van der Waals surface area contributed by atoms with E-state index >= 15 is 0 Å². The van der Waals surface area contributed by atoms with Gasteiger partial charge in [-0.15, -0.1) is 0 Å². The summed E-state index contributed by atoms with van der Waals surface area (Å²) in [5.41, 5.74) is 2.54. The van der Waals surface area contributed by atoms with Crippen LogP contribution in [-0.4, -0.2) is 53.7 Å². The van der Waals surface area contributed by atoms with Crippen molar-refractivity contribution in [1.29, 1.82) is 0 Å². The Balaban J connectivity index is 1.01. The first-order valence-electron chi connectivity index (χ1n) is 13.2. The molecule has 9 heteroatoms. The number of aliphatic hydroxyl groups excluding tert-OH is 1. The van der Waals surface area contributed by atoms with Crippen molar-refractivity contribution in [1.82, 2.24) is 9.47 Å². The molecule has 3 aliphatic rings. The fourth-order valence-corrected chi connectivity index (χ4v) is 6.15. The first-order valence-corrected chi connectivity index (χ1v) is 13.2. The highest BCUT2D eigenvalue weighted by atomic mass is 16.7. The van der Waals surface area contributed by atoms with Gasteiger partial charge in [-0.3, -0.25) is 14.5 Å². The minimum Gasteiger partial charge on any atom is -0.491 e. The van der Waals surface area contributed by atoms with E-state index in [4.69, 9.17) is 18.6 Å². The van der Waals surface area contributed by atoms with Crippen molar-refractivity contribution >= 4 is 11.0 Å². The third kappa shape index (κ3) is 4.47. The Morgan fingerprint density at radius 3 is 2.82 bits per heavy atom. The molecule has 1 N–H and O–H groups in total. The largest absolute Gasteiger partial charge is 0.491 e. The van der Waals surface area contributed by atoms with Gasteiger partial charge >= 0.3 is 0 Å². The van der Waals surface area contributed by atoms with E-state index in [1.54, 1.807) is 42.5 Å². The zero-order chi connectivity index (χ0) is 26.5. The molecular formula is C30H28N2O7. The van der Waals surface area contributed by atoms with Crippen molar-refractivity contribution in [2.24, 2.45) is 5.92 Å². The second kappa shape index (κ2) is 9.59. The average Bonchev–Trinajstić information content (AvgIpc) is 3.41. The number of hydrogen-bond acceptors (Lipinski definition) is 8. The van der Waals surface area contributed by atoms with Crippen LogP contribution in [0.4, 0.5) is 0 Å². The van der Waals surface area contributed by atoms with Crippen LogP contribution < -0.4 is 25.2 Å². The molecule has 0 aliphatic carbocycles. The number of likely N-dealkylation sites (tertiary alicyclic amines) is 1. The molecule has 0 amide bonds. The summed E-state index contributed by atoms with van der Waals surface area (Å²) in [4.78, 5) is 27.7. The number of benzene rings is 2. The lowest BCUT2D eigenvalue weighted by atomic mass is 9.83. The third-order valence-electron chi connectivity index (χ3n) is 7.90. The van der Waals surface area contributed by atoms with Gasteiger partial charge in [-0.2, -0.15) is 0 Å². The molecule has 2 aromatic carbocycles. The molecule has 1 saturated heterocycles. The molecule has 2 bridgehead atoms. The summed E-state index contributed by atoms with van der Waals surface area (Å²) in [5.74, 6) is 2.46. The van der Waals surface area contributed by atoms with Gasteiger partial charge in [0.15, 0.2) is 16.9 Å². The monoisotopic (exact) mass is 528 g/mol. The van der Waals surface area contributed by atoms with Gasteiger partial charge in [-0.1, -0.05) is 12.1 Å². The van der Waals surface area contributed by atoms with E-state index in [9.17, 15) is 14.7 Å². The van der Waals surface area contributed by atoms with E-state index in [1.807, 2.05) is 16.7 Å². The highest BCUT2D eigenvalue weighted by molar-refractivity contribution is 5.83. The molecule has 7 rings (SSSR count). The Hall–Kier alpha value is -4.08. The molecular weight excluding hydrogens is 500 g/mol. The Morgan fingerprint density at radius 1 is 1.00 bits per heavy atom. The maximum Gasteiger partial charge on any atom is 0.250 e. The van der Waals surface area contributed by atoms with Crippen molar-refractivity contribution in [2.45, 2.75) is 25.0 Å². The fourth-order valence-electron chi connectivity index (χ4n) is 6.15. The number of ether oxygens (including phenoxy) is 3. The van der Waals surface area contributed by atoms with Crippen LogP contribution in [0.25, 0.3) is 22.1 Å². The van der Waals surface area contributed by atoms with Gasteiger partial charge in [-0.05, 0) is 48.2 Å². The molecule has 3 atom stereocenters. The van der Waals surface area contributed by atoms with Gasteiger partial charge in [0.05, 0.1) is 10.9 Å². The number of rotatable bonds is 6. The van der Waals surface area contributed by atoms with Gasteiger partial charge in [0.25, 0.3) is 5.56 Å². The van der Waals surface area contributed by atoms with Crippen LogP contribution in [0.1, 0.15) is 18.0 Å². The van der Waals surface area contributed by atoms with Crippen LogP contribution in [0, 0.1) is 5.92 Å². The lowest BCUT2D eigenvalue weighted by Gasteiger charge is -2.43. The minimum atomic E-state index is -0.683. The van der Waals surface area contributed by atoms with Crippen LogP contribution in [0.5, 0.6) is 17.2 Å².